The third-order valence-corrected chi connectivity index (χ3v) is 2.81. The zero-order valence-electron chi connectivity index (χ0n) is 9.55. The first-order chi connectivity index (χ1) is 7.81. The molecule has 0 aliphatic carbocycles. The molecule has 5 heteroatoms. The number of fused-ring (bicyclic) bond motifs is 1. The Bertz CT molecular complexity index is 361. The van der Waals surface area contributed by atoms with E-state index in [0.29, 0.717) is 6.42 Å². The predicted octanol–water partition coefficient (Wildman–Crippen LogP) is 0.513. The van der Waals surface area contributed by atoms with E-state index in [9.17, 15) is 4.79 Å². The fraction of sp³-hybridized carbons (Fsp3) is 0.636. The quantitative estimate of drug-likeness (QED) is 0.695. The number of imidazole rings is 1. The Balaban J connectivity index is 1.94. The first-order valence-corrected chi connectivity index (χ1v) is 5.83. The van der Waals surface area contributed by atoms with Crippen molar-refractivity contribution in [1.82, 2.24) is 20.6 Å². The second kappa shape index (κ2) is 5.12. The van der Waals surface area contributed by atoms with Crippen molar-refractivity contribution in [2.24, 2.45) is 0 Å². The van der Waals surface area contributed by atoms with E-state index < -0.39 is 0 Å². The predicted molar refractivity (Wildman–Crippen MR) is 61.0 cm³/mol. The van der Waals surface area contributed by atoms with Crippen molar-refractivity contribution >= 4 is 5.91 Å². The summed E-state index contributed by atoms with van der Waals surface area (Å²) in [7, 11) is 0. The topological polar surface area (TPSA) is 69.8 Å². The van der Waals surface area contributed by atoms with Crippen molar-refractivity contribution < 1.29 is 4.79 Å². The van der Waals surface area contributed by atoms with Crippen molar-refractivity contribution in [1.29, 1.82) is 0 Å². The smallest absolute Gasteiger partial charge is 0.221 e. The van der Waals surface area contributed by atoms with E-state index >= 15 is 0 Å². The van der Waals surface area contributed by atoms with E-state index in [-0.39, 0.29) is 11.9 Å². The van der Waals surface area contributed by atoms with Crippen LogP contribution in [0.4, 0.5) is 0 Å². The van der Waals surface area contributed by atoms with Gasteiger partial charge in [0.15, 0.2) is 0 Å². The Labute approximate surface area is 95.0 Å². The third-order valence-electron chi connectivity index (χ3n) is 2.81. The number of hydrogen-bond acceptors (Lipinski definition) is 3. The molecule has 1 unspecified atom stereocenters. The van der Waals surface area contributed by atoms with Crippen LogP contribution in [0.15, 0.2) is 6.33 Å². The fourth-order valence-corrected chi connectivity index (χ4v) is 1.99. The van der Waals surface area contributed by atoms with Crippen LogP contribution in [0.1, 0.15) is 37.2 Å². The number of amides is 1. The Morgan fingerprint density at radius 1 is 1.69 bits per heavy atom. The van der Waals surface area contributed by atoms with Gasteiger partial charge in [-0.1, -0.05) is 6.92 Å². The maximum Gasteiger partial charge on any atom is 0.221 e. The van der Waals surface area contributed by atoms with E-state index in [1.54, 1.807) is 6.33 Å². The largest absolute Gasteiger partial charge is 0.356 e. The highest BCUT2D eigenvalue weighted by atomic mass is 16.1. The summed E-state index contributed by atoms with van der Waals surface area (Å²) in [5.74, 6) is 0.0928. The van der Waals surface area contributed by atoms with Crippen LogP contribution < -0.4 is 10.6 Å². The number of nitrogens with one attached hydrogen (secondary N) is 3. The van der Waals surface area contributed by atoms with Gasteiger partial charge in [-0.15, -0.1) is 0 Å². The monoisotopic (exact) mass is 222 g/mol. The summed E-state index contributed by atoms with van der Waals surface area (Å²) >= 11 is 0. The van der Waals surface area contributed by atoms with Crippen molar-refractivity contribution in [2.75, 3.05) is 13.1 Å². The summed E-state index contributed by atoms with van der Waals surface area (Å²) in [6.45, 7) is 3.70. The second-order valence-electron chi connectivity index (χ2n) is 4.08. The van der Waals surface area contributed by atoms with Crippen LogP contribution in [0.5, 0.6) is 0 Å². The lowest BCUT2D eigenvalue weighted by atomic mass is 10.0. The first-order valence-electron chi connectivity index (χ1n) is 5.83. The van der Waals surface area contributed by atoms with Gasteiger partial charge in [-0.2, -0.15) is 0 Å². The Morgan fingerprint density at radius 3 is 3.38 bits per heavy atom. The summed E-state index contributed by atoms with van der Waals surface area (Å²) in [4.78, 5) is 19.0. The van der Waals surface area contributed by atoms with Crippen LogP contribution in [-0.2, 0) is 11.2 Å². The summed E-state index contributed by atoms with van der Waals surface area (Å²) in [6.07, 6.45) is 4.10. The number of aromatic amines is 1. The molecule has 88 valence electrons. The molecule has 3 N–H and O–H groups in total. The highest BCUT2D eigenvalue weighted by molar-refractivity contribution is 5.76. The highest BCUT2D eigenvalue weighted by Crippen LogP contribution is 2.21. The molecule has 2 heterocycles. The summed E-state index contributed by atoms with van der Waals surface area (Å²) in [5, 5.41) is 6.21. The van der Waals surface area contributed by atoms with Gasteiger partial charge in [-0.05, 0) is 6.42 Å². The van der Waals surface area contributed by atoms with Gasteiger partial charge in [0.2, 0.25) is 5.91 Å². The second-order valence-corrected chi connectivity index (χ2v) is 4.08. The van der Waals surface area contributed by atoms with Crippen molar-refractivity contribution in [3.63, 3.8) is 0 Å². The lowest BCUT2D eigenvalue weighted by Gasteiger charge is -2.22. The molecule has 2 rings (SSSR count). The molecule has 0 radical (unpaired) electrons. The van der Waals surface area contributed by atoms with Crippen LogP contribution in [0.2, 0.25) is 0 Å². The van der Waals surface area contributed by atoms with E-state index in [1.165, 1.54) is 0 Å². The van der Waals surface area contributed by atoms with Crippen LogP contribution in [-0.4, -0.2) is 29.0 Å². The lowest BCUT2D eigenvalue weighted by Crippen LogP contribution is -2.35. The standard InChI is InChI=1S/C11H18N4O/c1-2-4-13-10(16)6-9-11-8(3-5-12-9)14-7-15-11/h7,9,12H,2-6H2,1H3,(H,13,16)(H,14,15). The molecule has 0 saturated heterocycles. The molecule has 5 nitrogen and oxygen atoms in total. The SMILES string of the molecule is CCCNC(=O)CC1NCCc2[nH]cnc21. The molecule has 0 spiro atoms. The van der Waals surface area contributed by atoms with Crippen LogP contribution in [0.25, 0.3) is 0 Å². The number of nitrogens with zero attached hydrogens (tertiary/aromatic N) is 1. The van der Waals surface area contributed by atoms with E-state index in [0.717, 1.165) is 37.3 Å². The molecule has 1 amide bonds. The van der Waals surface area contributed by atoms with Crippen LogP contribution in [0.3, 0.4) is 0 Å². The number of carbonyl (C=O) groups is 1. The van der Waals surface area contributed by atoms with E-state index in [4.69, 9.17) is 0 Å². The highest BCUT2D eigenvalue weighted by Gasteiger charge is 2.23. The van der Waals surface area contributed by atoms with E-state index in [2.05, 4.69) is 20.6 Å². The van der Waals surface area contributed by atoms with Gasteiger partial charge in [0.05, 0.1) is 18.1 Å². The maximum absolute atomic E-state index is 11.6. The van der Waals surface area contributed by atoms with Gasteiger partial charge in [0.1, 0.15) is 0 Å². The van der Waals surface area contributed by atoms with Crippen LogP contribution in [0, 0.1) is 0 Å². The summed E-state index contributed by atoms with van der Waals surface area (Å²) in [5.41, 5.74) is 2.16. The molecule has 0 bridgehead atoms. The molecule has 1 aliphatic heterocycles. The minimum absolute atomic E-state index is 0.0619. The number of aromatic nitrogens is 2. The van der Waals surface area contributed by atoms with Gasteiger partial charge >= 0.3 is 0 Å². The summed E-state index contributed by atoms with van der Waals surface area (Å²) in [6, 6.07) is 0.0619. The van der Waals surface area contributed by atoms with E-state index in [1.807, 2.05) is 6.92 Å². The van der Waals surface area contributed by atoms with Crippen LogP contribution >= 0.6 is 0 Å². The molecule has 16 heavy (non-hydrogen) atoms. The molecule has 0 saturated carbocycles. The van der Waals surface area contributed by atoms with Gasteiger partial charge in [0, 0.05) is 31.6 Å². The number of hydrogen-bond donors (Lipinski definition) is 3. The minimum Gasteiger partial charge on any atom is -0.356 e. The average molecular weight is 222 g/mol. The molecular weight excluding hydrogens is 204 g/mol. The van der Waals surface area contributed by atoms with Gasteiger partial charge in [-0.3, -0.25) is 4.79 Å². The molecule has 1 aromatic heterocycles. The number of rotatable bonds is 4. The van der Waals surface area contributed by atoms with Gasteiger partial charge < -0.3 is 15.6 Å². The zero-order valence-corrected chi connectivity index (χ0v) is 9.55. The van der Waals surface area contributed by atoms with Crippen molar-refractivity contribution in [3.8, 4) is 0 Å². The fourth-order valence-electron chi connectivity index (χ4n) is 1.99. The van der Waals surface area contributed by atoms with Crippen molar-refractivity contribution in [3.05, 3.63) is 17.7 Å². The number of H-pyrrole nitrogens is 1. The Hall–Kier alpha value is -1.36. The summed E-state index contributed by atoms with van der Waals surface area (Å²) < 4.78 is 0. The van der Waals surface area contributed by atoms with Gasteiger partial charge in [-0.25, -0.2) is 4.98 Å². The van der Waals surface area contributed by atoms with Crippen molar-refractivity contribution in [2.45, 2.75) is 32.2 Å². The molecule has 1 aromatic rings. The Morgan fingerprint density at radius 2 is 2.56 bits per heavy atom. The molecule has 1 aliphatic rings. The average Bonchev–Trinajstić information content (AvgIpc) is 2.75. The minimum atomic E-state index is 0.0619. The lowest BCUT2D eigenvalue weighted by molar-refractivity contribution is -0.121. The zero-order chi connectivity index (χ0) is 11.4. The Kier molecular flexibility index (Phi) is 3.56. The normalized spacial score (nSPS) is 19.2. The maximum atomic E-state index is 11.6. The van der Waals surface area contributed by atoms with Gasteiger partial charge in [0.25, 0.3) is 0 Å². The molecular formula is C11H18N4O. The first kappa shape index (κ1) is 11.1. The third kappa shape index (κ3) is 2.41. The molecule has 1 atom stereocenters. The number of carbonyl (C=O) groups excluding carboxylic acids is 1. The molecule has 0 aromatic carbocycles. The molecule has 0 fully saturated rings.